The van der Waals surface area contributed by atoms with Crippen molar-refractivity contribution in [1.29, 1.82) is 0 Å². The van der Waals surface area contributed by atoms with Crippen LogP contribution in [0, 0.1) is 17.3 Å². The van der Waals surface area contributed by atoms with Gasteiger partial charge in [0.25, 0.3) is 0 Å². The Balaban J connectivity index is 2.05. The lowest BCUT2D eigenvalue weighted by Gasteiger charge is -2.54. The van der Waals surface area contributed by atoms with E-state index in [4.69, 9.17) is 10.8 Å². The summed E-state index contributed by atoms with van der Waals surface area (Å²) < 4.78 is 0. The molecule has 0 bridgehead atoms. The zero-order valence-corrected chi connectivity index (χ0v) is 9.24. The Bertz CT molecular complexity index is 254. The molecule has 0 aromatic carbocycles. The third kappa shape index (κ3) is 1.89. The first-order chi connectivity index (χ1) is 7.18. The van der Waals surface area contributed by atoms with Crippen LogP contribution in [0.5, 0.6) is 0 Å². The first kappa shape index (κ1) is 10.9. The topological polar surface area (TPSA) is 63.3 Å². The minimum absolute atomic E-state index is 0.0547. The molecule has 0 aliphatic heterocycles. The van der Waals surface area contributed by atoms with Gasteiger partial charge in [-0.3, -0.25) is 4.79 Å². The van der Waals surface area contributed by atoms with Crippen molar-refractivity contribution in [2.45, 2.75) is 44.9 Å². The summed E-state index contributed by atoms with van der Waals surface area (Å²) in [5, 5.41) is 8.95. The van der Waals surface area contributed by atoms with Crippen molar-refractivity contribution in [3.05, 3.63) is 0 Å². The zero-order valence-electron chi connectivity index (χ0n) is 9.24. The third-order valence-corrected chi connectivity index (χ3v) is 4.52. The van der Waals surface area contributed by atoms with Crippen molar-refractivity contribution >= 4 is 5.97 Å². The largest absolute Gasteiger partial charge is 0.481 e. The second-order valence-electron chi connectivity index (χ2n) is 5.35. The molecule has 2 fully saturated rings. The Labute approximate surface area is 91.0 Å². The lowest BCUT2D eigenvalue weighted by Crippen LogP contribution is -2.53. The smallest absolute Gasteiger partial charge is 0.303 e. The second-order valence-corrected chi connectivity index (χ2v) is 5.35. The molecule has 0 amide bonds. The molecule has 2 aliphatic rings. The number of fused-ring (bicyclic) bond motifs is 1. The molecule has 3 nitrogen and oxygen atoms in total. The molecule has 2 aliphatic carbocycles. The van der Waals surface area contributed by atoms with E-state index >= 15 is 0 Å². The average Bonchev–Trinajstić information content (AvgIpc) is 2.36. The highest BCUT2D eigenvalue weighted by Crippen LogP contribution is 2.57. The van der Waals surface area contributed by atoms with Gasteiger partial charge in [0, 0.05) is 0 Å². The Morgan fingerprint density at radius 2 is 2.07 bits per heavy atom. The molecule has 0 saturated heterocycles. The fourth-order valence-electron chi connectivity index (χ4n) is 3.76. The van der Waals surface area contributed by atoms with E-state index in [-0.39, 0.29) is 11.8 Å². The lowest BCUT2D eigenvalue weighted by atomic mass is 9.51. The van der Waals surface area contributed by atoms with E-state index in [1.165, 1.54) is 32.1 Å². The number of hydrogen-bond donors (Lipinski definition) is 2. The number of nitrogens with two attached hydrogens (primary N) is 1. The first-order valence-corrected chi connectivity index (χ1v) is 6.10. The van der Waals surface area contributed by atoms with Crippen LogP contribution in [0.3, 0.4) is 0 Å². The van der Waals surface area contributed by atoms with Gasteiger partial charge in [-0.25, -0.2) is 0 Å². The predicted octanol–water partition coefficient (Wildman–Crippen LogP) is 2.01. The van der Waals surface area contributed by atoms with Crippen LogP contribution >= 0.6 is 0 Å². The van der Waals surface area contributed by atoms with E-state index in [1.54, 1.807) is 0 Å². The van der Waals surface area contributed by atoms with Gasteiger partial charge in [-0.1, -0.05) is 25.7 Å². The summed E-state index contributed by atoms with van der Waals surface area (Å²) in [4.78, 5) is 10.9. The predicted molar refractivity (Wildman–Crippen MR) is 58.4 cm³/mol. The van der Waals surface area contributed by atoms with Gasteiger partial charge in [0.1, 0.15) is 0 Å². The summed E-state index contributed by atoms with van der Waals surface area (Å²) in [5.41, 5.74) is 5.76. The normalized spacial score (nSPS) is 40.1. The van der Waals surface area contributed by atoms with Gasteiger partial charge in [-0.05, 0) is 36.6 Å². The number of aliphatic carboxylic acids is 1. The van der Waals surface area contributed by atoms with Gasteiger partial charge in [0.05, 0.1) is 6.42 Å². The van der Waals surface area contributed by atoms with Crippen molar-refractivity contribution in [3.8, 4) is 0 Å². The van der Waals surface area contributed by atoms with Crippen LogP contribution in [-0.2, 0) is 4.79 Å². The highest BCUT2D eigenvalue weighted by Gasteiger charge is 2.53. The second kappa shape index (κ2) is 4.12. The molecule has 2 saturated carbocycles. The molecule has 3 N–H and O–H groups in total. The van der Waals surface area contributed by atoms with E-state index < -0.39 is 5.97 Å². The molecule has 3 atom stereocenters. The number of carbonyl (C=O) groups is 1. The molecule has 3 unspecified atom stereocenters. The van der Waals surface area contributed by atoms with Gasteiger partial charge < -0.3 is 10.8 Å². The van der Waals surface area contributed by atoms with Gasteiger partial charge in [-0.15, -0.1) is 0 Å². The fraction of sp³-hybridized carbons (Fsp3) is 0.917. The summed E-state index contributed by atoms with van der Waals surface area (Å²) in [7, 11) is 0. The van der Waals surface area contributed by atoms with E-state index in [9.17, 15) is 4.79 Å². The van der Waals surface area contributed by atoms with Crippen molar-refractivity contribution in [1.82, 2.24) is 0 Å². The van der Waals surface area contributed by atoms with Crippen LogP contribution < -0.4 is 5.73 Å². The Kier molecular flexibility index (Phi) is 3.01. The molecule has 0 spiro atoms. The Morgan fingerprint density at radius 1 is 1.33 bits per heavy atom. The Hall–Kier alpha value is -0.570. The Morgan fingerprint density at radius 3 is 2.73 bits per heavy atom. The molecule has 86 valence electrons. The van der Waals surface area contributed by atoms with Gasteiger partial charge >= 0.3 is 5.97 Å². The summed E-state index contributed by atoms with van der Waals surface area (Å²) in [5.74, 6) is 0.694. The van der Waals surface area contributed by atoms with Crippen LogP contribution in [-0.4, -0.2) is 17.6 Å². The summed E-state index contributed by atoms with van der Waals surface area (Å²) in [6, 6.07) is 0. The summed E-state index contributed by atoms with van der Waals surface area (Å²) in [6.45, 7) is 0.556. The number of hydrogen-bond acceptors (Lipinski definition) is 2. The highest BCUT2D eigenvalue weighted by molar-refractivity contribution is 5.68. The zero-order chi connectivity index (χ0) is 10.9. The van der Waals surface area contributed by atoms with Crippen molar-refractivity contribution < 1.29 is 9.90 Å². The van der Waals surface area contributed by atoms with Crippen molar-refractivity contribution in [2.24, 2.45) is 23.0 Å². The van der Waals surface area contributed by atoms with E-state index in [1.807, 2.05) is 0 Å². The molecule has 0 radical (unpaired) electrons. The maximum absolute atomic E-state index is 10.9. The average molecular weight is 211 g/mol. The van der Waals surface area contributed by atoms with Crippen LogP contribution in [0.25, 0.3) is 0 Å². The van der Waals surface area contributed by atoms with Gasteiger partial charge in [0.15, 0.2) is 0 Å². The molecular weight excluding hydrogens is 190 g/mol. The fourth-order valence-corrected chi connectivity index (χ4v) is 3.76. The highest BCUT2D eigenvalue weighted by atomic mass is 16.4. The van der Waals surface area contributed by atoms with E-state index in [0.717, 1.165) is 12.3 Å². The minimum atomic E-state index is -0.678. The van der Waals surface area contributed by atoms with Gasteiger partial charge in [-0.2, -0.15) is 0 Å². The third-order valence-electron chi connectivity index (χ3n) is 4.52. The summed E-state index contributed by atoms with van der Waals surface area (Å²) >= 11 is 0. The van der Waals surface area contributed by atoms with Crippen molar-refractivity contribution in [3.63, 3.8) is 0 Å². The molecule has 0 aromatic rings. The first-order valence-electron chi connectivity index (χ1n) is 6.10. The number of carboxylic acids is 1. The molecular formula is C12H21NO2. The number of carboxylic acid groups (broad SMARTS) is 1. The van der Waals surface area contributed by atoms with E-state index in [0.29, 0.717) is 12.5 Å². The molecule has 2 rings (SSSR count). The van der Waals surface area contributed by atoms with Gasteiger partial charge in [0.2, 0.25) is 0 Å². The van der Waals surface area contributed by atoms with Crippen molar-refractivity contribution in [2.75, 3.05) is 6.54 Å². The monoisotopic (exact) mass is 211 g/mol. The SMILES string of the molecule is NCC1(CC(=O)O)CC2CCCCCC21. The van der Waals surface area contributed by atoms with Crippen LogP contribution in [0.2, 0.25) is 0 Å². The lowest BCUT2D eigenvalue weighted by molar-refractivity contribution is -0.146. The van der Waals surface area contributed by atoms with Crippen LogP contribution in [0.4, 0.5) is 0 Å². The molecule has 15 heavy (non-hydrogen) atoms. The molecule has 0 aromatic heterocycles. The maximum atomic E-state index is 10.9. The minimum Gasteiger partial charge on any atom is -0.481 e. The molecule has 3 heteroatoms. The quantitative estimate of drug-likeness (QED) is 0.750. The van der Waals surface area contributed by atoms with E-state index in [2.05, 4.69) is 0 Å². The van der Waals surface area contributed by atoms with Crippen LogP contribution in [0.1, 0.15) is 44.9 Å². The summed E-state index contributed by atoms with van der Waals surface area (Å²) in [6.07, 6.45) is 7.75. The maximum Gasteiger partial charge on any atom is 0.303 e. The molecule has 0 heterocycles. The van der Waals surface area contributed by atoms with Crippen LogP contribution in [0.15, 0.2) is 0 Å². The standard InChI is InChI=1S/C12H21NO2/c13-8-12(7-11(14)15)6-9-4-2-1-3-5-10(9)12/h9-10H,1-8,13H2,(H,14,15). The number of rotatable bonds is 3.